The second-order valence-electron chi connectivity index (χ2n) is 4.97. The van der Waals surface area contributed by atoms with Gasteiger partial charge in [-0.3, -0.25) is 0 Å². The van der Waals surface area contributed by atoms with Crippen LogP contribution in [-0.4, -0.2) is 11.5 Å². The fourth-order valence-electron chi connectivity index (χ4n) is 2.23. The summed E-state index contributed by atoms with van der Waals surface area (Å²) in [5.74, 6) is -0.388. The van der Waals surface area contributed by atoms with Crippen LogP contribution in [0.1, 0.15) is 47.5 Å². The highest BCUT2D eigenvalue weighted by atomic mass is 35.5. The molecule has 0 aliphatic heterocycles. The number of hydrogen-bond donors (Lipinski definition) is 1. The van der Waals surface area contributed by atoms with Gasteiger partial charge in [0, 0.05) is 4.88 Å². The van der Waals surface area contributed by atoms with Gasteiger partial charge in [-0.1, -0.05) is 31.5 Å². The van der Waals surface area contributed by atoms with E-state index in [-0.39, 0.29) is 16.9 Å². The quantitative estimate of drug-likeness (QED) is 0.817. The summed E-state index contributed by atoms with van der Waals surface area (Å²) in [6, 6.07) is 4.88. The predicted octanol–water partition coefficient (Wildman–Crippen LogP) is 4.90. The van der Waals surface area contributed by atoms with Gasteiger partial charge in [0.25, 0.3) is 0 Å². The molecule has 0 bridgehead atoms. The molecule has 21 heavy (non-hydrogen) atoms. The summed E-state index contributed by atoms with van der Waals surface area (Å²) in [4.78, 5) is 5.94. The zero-order chi connectivity index (χ0) is 15.4. The molecule has 1 aromatic carbocycles. The highest BCUT2D eigenvalue weighted by Gasteiger charge is 2.19. The van der Waals surface area contributed by atoms with Crippen molar-refractivity contribution in [1.29, 1.82) is 0 Å². The zero-order valence-electron chi connectivity index (χ0n) is 12.5. The minimum Gasteiger partial charge on any atom is -0.304 e. The first-order chi connectivity index (χ1) is 10.1. The molecule has 1 heterocycles. The lowest BCUT2D eigenvalue weighted by Crippen LogP contribution is -2.23. The van der Waals surface area contributed by atoms with Gasteiger partial charge in [0.15, 0.2) is 0 Å². The fourth-order valence-corrected chi connectivity index (χ4v) is 3.46. The summed E-state index contributed by atoms with van der Waals surface area (Å²) in [5.41, 5.74) is 1.98. The van der Waals surface area contributed by atoms with Gasteiger partial charge in [0.1, 0.15) is 10.8 Å². The topological polar surface area (TPSA) is 24.9 Å². The van der Waals surface area contributed by atoms with Crippen LogP contribution in [0.15, 0.2) is 18.2 Å². The number of hydrogen-bond acceptors (Lipinski definition) is 3. The van der Waals surface area contributed by atoms with Crippen molar-refractivity contribution in [1.82, 2.24) is 10.3 Å². The molecule has 114 valence electrons. The third-order valence-electron chi connectivity index (χ3n) is 3.37. The third-order valence-corrected chi connectivity index (χ3v) is 4.75. The number of rotatable bonds is 6. The van der Waals surface area contributed by atoms with Gasteiger partial charge < -0.3 is 5.32 Å². The molecule has 2 aromatic rings. The first-order valence-corrected chi connectivity index (χ1v) is 8.40. The van der Waals surface area contributed by atoms with Crippen LogP contribution in [-0.2, 0) is 6.42 Å². The van der Waals surface area contributed by atoms with Crippen molar-refractivity contribution in [2.24, 2.45) is 0 Å². The molecule has 0 saturated carbocycles. The molecule has 0 fully saturated rings. The second-order valence-corrected chi connectivity index (χ2v) is 6.61. The van der Waals surface area contributed by atoms with Crippen molar-refractivity contribution in [3.05, 3.63) is 50.2 Å². The van der Waals surface area contributed by atoms with E-state index in [2.05, 4.69) is 26.1 Å². The van der Waals surface area contributed by atoms with Crippen molar-refractivity contribution in [2.75, 3.05) is 6.54 Å². The highest BCUT2D eigenvalue weighted by Crippen LogP contribution is 2.30. The first kappa shape index (κ1) is 16.4. The number of aromatic nitrogens is 1. The number of thiazole rings is 1. The van der Waals surface area contributed by atoms with E-state index < -0.39 is 0 Å². The maximum Gasteiger partial charge on any atom is 0.142 e. The van der Waals surface area contributed by atoms with Crippen LogP contribution >= 0.6 is 22.9 Å². The Hall–Kier alpha value is -0.970. The van der Waals surface area contributed by atoms with E-state index in [1.807, 2.05) is 6.07 Å². The van der Waals surface area contributed by atoms with Crippen LogP contribution < -0.4 is 5.32 Å². The smallest absolute Gasteiger partial charge is 0.142 e. The Balaban J connectivity index is 2.38. The molecule has 0 saturated heterocycles. The van der Waals surface area contributed by atoms with E-state index in [4.69, 9.17) is 16.6 Å². The number of aryl methyl sites for hydroxylation is 2. The number of nitrogens with one attached hydrogen (secondary N) is 1. The second kappa shape index (κ2) is 7.34. The van der Waals surface area contributed by atoms with E-state index in [9.17, 15) is 4.39 Å². The lowest BCUT2D eigenvalue weighted by atomic mass is 10.1. The van der Waals surface area contributed by atoms with Crippen molar-refractivity contribution in [3.63, 3.8) is 0 Å². The van der Waals surface area contributed by atoms with Crippen LogP contribution in [0.3, 0.4) is 0 Å². The molecule has 1 aromatic heterocycles. The van der Waals surface area contributed by atoms with Gasteiger partial charge in [0.05, 0.1) is 16.8 Å². The van der Waals surface area contributed by atoms with E-state index in [1.165, 1.54) is 10.9 Å². The molecule has 1 atom stereocenters. The van der Waals surface area contributed by atoms with Crippen molar-refractivity contribution >= 4 is 22.9 Å². The Labute approximate surface area is 134 Å². The third kappa shape index (κ3) is 3.82. The first-order valence-electron chi connectivity index (χ1n) is 7.21. The van der Waals surface area contributed by atoms with Gasteiger partial charge in [0.2, 0.25) is 0 Å². The monoisotopic (exact) mass is 326 g/mol. The Morgan fingerprint density at radius 2 is 2.14 bits per heavy atom. The van der Waals surface area contributed by atoms with Crippen LogP contribution in [0.25, 0.3) is 0 Å². The molecule has 1 N–H and O–H groups in total. The van der Waals surface area contributed by atoms with Gasteiger partial charge in [-0.05, 0) is 44.0 Å². The van der Waals surface area contributed by atoms with Crippen LogP contribution in [0.4, 0.5) is 4.39 Å². The molecule has 2 nitrogen and oxygen atoms in total. The average molecular weight is 327 g/mol. The molecule has 0 aliphatic rings. The van der Waals surface area contributed by atoms with Crippen molar-refractivity contribution in [2.45, 2.75) is 39.7 Å². The summed E-state index contributed by atoms with van der Waals surface area (Å²) in [7, 11) is 0. The van der Waals surface area contributed by atoms with Crippen LogP contribution in [0, 0.1) is 12.7 Å². The molecular formula is C16H20ClFN2S. The Morgan fingerprint density at radius 3 is 2.71 bits per heavy atom. The average Bonchev–Trinajstić information content (AvgIpc) is 2.84. The summed E-state index contributed by atoms with van der Waals surface area (Å²) < 4.78 is 13.8. The zero-order valence-corrected chi connectivity index (χ0v) is 14.1. The maximum atomic E-state index is 13.8. The maximum absolute atomic E-state index is 13.8. The Morgan fingerprint density at radius 1 is 1.38 bits per heavy atom. The molecule has 2 rings (SSSR count). The molecular weight excluding hydrogens is 307 g/mol. The van der Waals surface area contributed by atoms with Gasteiger partial charge in [-0.2, -0.15) is 0 Å². The summed E-state index contributed by atoms with van der Waals surface area (Å²) >= 11 is 7.45. The van der Waals surface area contributed by atoms with E-state index in [0.29, 0.717) is 0 Å². The lowest BCUT2D eigenvalue weighted by molar-refractivity contribution is 0.582. The van der Waals surface area contributed by atoms with Crippen molar-refractivity contribution in [3.8, 4) is 0 Å². The number of benzene rings is 1. The van der Waals surface area contributed by atoms with E-state index in [0.717, 1.165) is 35.7 Å². The molecule has 0 amide bonds. The highest BCUT2D eigenvalue weighted by molar-refractivity contribution is 7.11. The summed E-state index contributed by atoms with van der Waals surface area (Å²) in [6.07, 6.45) is 1.93. The predicted molar refractivity (Wildman–Crippen MR) is 87.8 cm³/mol. The molecule has 1 unspecified atom stereocenters. The molecule has 5 heteroatoms. The minimum absolute atomic E-state index is 0.0827. The van der Waals surface area contributed by atoms with Gasteiger partial charge in [-0.15, -0.1) is 11.3 Å². The largest absolute Gasteiger partial charge is 0.304 e. The van der Waals surface area contributed by atoms with Crippen LogP contribution in [0.5, 0.6) is 0 Å². The number of nitrogens with zero attached hydrogens (tertiary/aromatic N) is 1. The SMILES string of the molecule is CCCNC(c1ccc(Cl)c(F)c1)c1nc(CC)c(C)s1. The van der Waals surface area contributed by atoms with Crippen LogP contribution in [0.2, 0.25) is 5.02 Å². The minimum atomic E-state index is -0.388. The Bertz CT molecular complexity index is 612. The Kier molecular flexibility index (Phi) is 5.73. The summed E-state index contributed by atoms with van der Waals surface area (Å²) in [6.45, 7) is 7.15. The van der Waals surface area contributed by atoms with E-state index in [1.54, 1.807) is 17.4 Å². The van der Waals surface area contributed by atoms with Gasteiger partial charge in [-0.25, -0.2) is 9.37 Å². The fraction of sp³-hybridized carbons (Fsp3) is 0.438. The van der Waals surface area contributed by atoms with Gasteiger partial charge >= 0.3 is 0 Å². The lowest BCUT2D eigenvalue weighted by Gasteiger charge is -2.17. The molecule has 0 radical (unpaired) electrons. The molecule has 0 aliphatic carbocycles. The standard InChI is InChI=1S/C16H20ClFN2S/c1-4-8-19-15(11-6-7-12(17)13(18)9-11)16-20-14(5-2)10(3)21-16/h6-7,9,15,19H,4-5,8H2,1-3H3. The normalized spacial score (nSPS) is 12.6. The number of halogens is 2. The summed E-state index contributed by atoms with van der Waals surface area (Å²) in [5, 5.41) is 4.59. The van der Waals surface area contributed by atoms with E-state index >= 15 is 0 Å². The van der Waals surface area contributed by atoms with Crippen molar-refractivity contribution < 1.29 is 4.39 Å². The molecule has 0 spiro atoms.